The maximum absolute atomic E-state index is 3.65. The molecule has 0 amide bonds. The molecule has 1 N–H and O–H groups in total. The molecule has 0 bridgehead atoms. The Morgan fingerprint density at radius 2 is 1.85 bits per heavy atom. The molecule has 0 saturated heterocycles. The van der Waals surface area contributed by atoms with Gasteiger partial charge in [-0.25, -0.2) is 0 Å². The van der Waals surface area contributed by atoms with Crippen molar-refractivity contribution in [2.45, 2.75) is 39.2 Å². The Balaban J connectivity index is 2.21. The van der Waals surface area contributed by atoms with Crippen molar-refractivity contribution in [3.63, 3.8) is 0 Å². The fourth-order valence-corrected chi connectivity index (χ4v) is 3.56. The summed E-state index contributed by atoms with van der Waals surface area (Å²) in [5, 5.41) is 5.89. The molecule has 0 radical (unpaired) electrons. The Hall–Kier alpha value is -0.640. The number of halogens is 1. The zero-order chi connectivity index (χ0) is 14.4. The highest BCUT2D eigenvalue weighted by molar-refractivity contribution is 9.11. The molecule has 20 heavy (non-hydrogen) atoms. The second kappa shape index (κ2) is 7.96. The van der Waals surface area contributed by atoms with E-state index in [0.717, 1.165) is 19.4 Å². The van der Waals surface area contributed by atoms with Crippen LogP contribution >= 0.6 is 27.3 Å². The summed E-state index contributed by atoms with van der Waals surface area (Å²) in [6, 6.07) is 11.6. The van der Waals surface area contributed by atoms with Crippen LogP contribution in [-0.2, 0) is 6.42 Å². The average Bonchev–Trinajstić information content (AvgIpc) is 2.88. The number of thiophene rings is 1. The SMILES string of the molecule is CCCNC(c1ccc(CCC)cc1)c1csc(Br)c1. The summed E-state index contributed by atoms with van der Waals surface area (Å²) >= 11 is 5.31. The van der Waals surface area contributed by atoms with Gasteiger partial charge in [-0.05, 0) is 63.5 Å². The van der Waals surface area contributed by atoms with E-state index in [2.05, 4.69) is 70.8 Å². The van der Waals surface area contributed by atoms with Crippen molar-refractivity contribution in [3.8, 4) is 0 Å². The van der Waals surface area contributed by atoms with Gasteiger partial charge in [0.25, 0.3) is 0 Å². The van der Waals surface area contributed by atoms with Crippen LogP contribution in [0.15, 0.2) is 39.5 Å². The van der Waals surface area contributed by atoms with Crippen molar-refractivity contribution >= 4 is 27.3 Å². The summed E-state index contributed by atoms with van der Waals surface area (Å²) in [6.45, 7) is 5.47. The van der Waals surface area contributed by atoms with Crippen LogP contribution in [0, 0.1) is 0 Å². The first-order chi connectivity index (χ1) is 9.74. The van der Waals surface area contributed by atoms with E-state index < -0.39 is 0 Å². The summed E-state index contributed by atoms with van der Waals surface area (Å²) in [5.41, 5.74) is 4.12. The summed E-state index contributed by atoms with van der Waals surface area (Å²) in [4.78, 5) is 0. The van der Waals surface area contributed by atoms with Crippen LogP contribution in [0.2, 0.25) is 0 Å². The fourth-order valence-electron chi connectivity index (χ4n) is 2.36. The number of aryl methyl sites for hydroxylation is 1. The number of nitrogens with one attached hydrogen (secondary N) is 1. The lowest BCUT2D eigenvalue weighted by atomic mass is 9.99. The zero-order valence-electron chi connectivity index (χ0n) is 12.2. The van der Waals surface area contributed by atoms with Crippen LogP contribution in [0.25, 0.3) is 0 Å². The van der Waals surface area contributed by atoms with E-state index in [1.54, 1.807) is 11.3 Å². The third-order valence-electron chi connectivity index (χ3n) is 3.37. The second-order valence-electron chi connectivity index (χ2n) is 5.06. The normalized spacial score (nSPS) is 12.6. The minimum Gasteiger partial charge on any atom is -0.306 e. The molecule has 0 saturated carbocycles. The number of rotatable bonds is 7. The lowest BCUT2D eigenvalue weighted by molar-refractivity contribution is 0.599. The van der Waals surface area contributed by atoms with Crippen molar-refractivity contribution in [1.29, 1.82) is 0 Å². The fraction of sp³-hybridized carbons (Fsp3) is 0.412. The molecule has 0 aliphatic heterocycles. The average molecular weight is 352 g/mol. The molecule has 2 rings (SSSR count). The highest BCUT2D eigenvalue weighted by atomic mass is 79.9. The Kier molecular flexibility index (Phi) is 6.27. The third kappa shape index (κ3) is 4.18. The largest absolute Gasteiger partial charge is 0.306 e. The second-order valence-corrected chi connectivity index (χ2v) is 7.35. The lowest BCUT2D eigenvalue weighted by Gasteiger charge is -2.18. The summed E-state index contributed by atoms with van der Waals surface area (Å²) < 4.78 is 1.19. The lowest BCUT2D eigenvalue weighted by Crippen LogP contribution is -2.22. The van der Waals surface area contributed by atoms with Gasteiger partial charge in [0.15, 0.2) is 0 Å². The molecule has 108 valence electrons. The number of hydrogen-bond acceptors (Lipinski definition) is 2. The van der Waals surface area contributed by atoms with Gasteiger partial charge >= 0.3 is 0 Å². The predicted molar refractivity (Wildman–Crippen MR) is 92.6 cm³/mol. The van der Waals surface area contributed by atoms with Gasteiger partial charge in [0.2, 0.25) is 0 Å². The van der Waals surface area contributed by atoms with E-state index in [1.807, 2.05) is 0 Å². The van der Waals surface area contributed by atoms with Crippen LogP contribution in [0.4, 0.5) is 0 Å². The molecule has 1 heterocycles. The quantitative estimate of drug-likeness (QED) is 0.689. The molecule has 1 unspecified atom stereocenters. The van der Waals surface area contributed by atoms with Gasteiger partial charge in [-0.15, -0.1) is 11.3 Å². The minimum atomic E-state index is 0.299. The molecule has 1 nitrogen and oxygen atoms in total. The first kappa shape index (κ1) is 15.7. The molecule has 1 aromatic heterocycles. The molecule has 0 fully saturated rings. The monoisotopic (exact) mass is 351 g/mol. The van der Waals surface area contributed by atoms with E-state index in [9.17, 15) is 0 Å². The molecule has 1 atom stereocenters. The van der Waals surface area contributed by atoms with Crippen LogP contribution in [0.3, 0.4) is 0 Å². The predicted octanol–water partition coefficient (Wildman–Crippen LogP) is 5.55. The van der Waals surface area contributed by atoms with Gasteiger partial charge < -0.3 is 5.32 Å². The minimum absolute atomic E-state index is 0.299. The first-order valence-corrected chi connectivity index (χ1v) is 8.98. The molecule has 2 aromatic rings. The molecular weight excluding hydrogens is 330 g/mol. The van der Waals surface area contributed by atoms with Crippen LogP contribution in [0.1, 0.15) is 49.4 Å². The number of hydrogen-bond donors (Lipinski definition) is 1. The molecule has 0 aliphatic carbocycles. The van der Waals surface area contributed by atoms with E-state index in [4.69, 9.17) is 0 Å². The van der Waals surface area contributed by atoms with Crippen molar-refractivity contribution in [2.75, 3.05) is 6.54 Å². The van der Waals surface area contributed by atoms with Crippen LogP contribution < -0.4 is 5.32 Å². The highest BCUT2D eigenvalue weighted by Gasteiger charge is 2.14. The van der Waals surface area contributed by atoms with Gasteiger partial charge in [0.05, 0.1) is 9.83 Å². The topological polar surface area (TPSA) is 12.0 Å². The first-order valence-electron chi connectivity index (χ1n) is 7.30. The van der Waals surface area contributed by atoms with Crippen molar-refractivity contribution in [3.05, 3.63) is 56.2 Å². The van der Waals surface area contributed by atoms with E-state index >= 15 is 0 Å². The van der Waals surface area contributed by atoms with Gasteiger partial charge in [0, 0.05) is 0 Å². The summed E-state index contributed by atoms with van der Waals surface area (Å²) in [6.07, 6.45) is 3.52. The maximum atomic E-state index is 3.65. The summed E-state index contributed by atoms with van der Waals surface area (Å²) in [7, 11) is 0. The Bertz CT molecular complexity index is 518. The van der Waals surface area contributed by atoms with E-state index in [1.165, 1.54) is 26.9 Å². The van der Waals surface area contributed by atoms with Crippen molar-refractivity contribution in [1.82, 2.24) is 5.32 Å². The highest BCUT2D eigenvalue weighted by Crippen LogP contribution is 2.29. The zero-order valence-corrected chi connectivity index (χ0v) is 14.6. The molecule has 3 heteroatoms. The Morgan fingerprint density at radius 3 is 2.40 bits per heavy atom. The molecule has 0 spiro atoms. The Labute approximate surface area is 134 Å². The molecule has 0 aliphatic rings. The summed E-state index contributed by atoms with van der Waals surface area (Å²) in [5.74, 6) is 0. The standard InChI is InChI=1S/C17H22BrNS/c1-3-5-13-6-8-14(9-7-13)17(19-10-4-2)15-11-16(18)20-12-15/h6-9,11-12,17,19H,3-5,10H2,1-2H3. The van der Waals surface area contributed by atoms with Gasteiger partial charge in [-0.3, -0.25) is 0 Å². The maximum Gasteiger partial charge on any atom is 0.0701 e. The van der Waals surface area contributed by atoms with E-state index in [0.29, 0.717) is 6.04 Å². The Morgan fingerprint density at radius 1 is 1.10 bits per heavy atom. The smallest absolute Gasteiger partial charge is 0.0701 e. The van der Waals surface area contributed by atoms with Gasteiger partial charge in [-0.1, -0.05) is 44.5 Å². The van der Waals surface area contributed by atoms with Gasteiger partial charge in [0.1, 0.15) is 0 Å². The third-order valence-corrected chi connectivity index (χ3v) is 4.89. The molecular formula is C17H22BrNS. The van der Waals surface area contributed by atoms with Crippen LogP contribution in [-0.4, -0.2) is 6.54 Å². The van der Waals surface area contributed by atoms with Crippen molar-refractivity contribution in [2.24, 2.45) is 0 Å². The molecule has 1 aromatic carbocycles. The van der Waals surface area contributed by atoms with Crippen LogP contribution in [0.5, 0.6) is 0 Å². The van der Waals surface area contributed by atoms with Gasteiger partial charge in [-0.2, -0.15) is 0 Å². The van der Waals surface area contributed by atoms with Crippen molar-refractivity contribution < 1.29 is 0 Å². The van der Waals surface area contributed by atoms with E-state index in [-0.39, 0.29) is 0 Å². The number of benzene rings is 1.